The van der Waals surface area contributed by atoms with Gasteiger partial charge in [-0.1, -0.05) is 11.6 Å². The Balaban J connectivity index is 2.39. The molecule has 1 aromatic rings. The lowest BCUT2D eigenvalue weighted by Crippen LogP contribution is -2.30. The maximum absolute atomic E-state index is 13.4. The van der Waals surface area contributed by atoms with Gasteiger partial charge in [-0.05, 0) is 25.5 Å². The van der Waals surface area contributed by atoms with Gasteiger partial charge in [-0.3, -0.25) is 4.99 Å². The van der Waals surface area contributed by atoms with Crippen molar-refractivity contribution in [2.75, 3.05) is 13.1 Å². The molecule has 0 amide bonds. The summed E-state index contributed by atoms with van der Waals surface area (Å²) in [4.78, 5) is 4.27. The minimum Gasteiger partial charge on any atom is -0.370 e. The van der Waals surface area contributed by atoms with Crippen LogP contribution in [0.25, 0.3) is 0 Å². The highest BCUT2D eigenvalue weighted by Gasteiger charge is 2.11. The Bertz CT molecular complexity index is 372. The second kappa shape index (κ2) is 3.78. The topological polar surface area (TPSA) is 24.4 Å². The molecular weight excluding hydrogens is 179 g/mol. The van der Waals surface area contributed by atoms with Crippen molar-refractivity contribution in [3.8, 4) is 0 Å². The first-order chi connectivity index (χ1) is 6.77. The van der Waals surface area contributed by atoms with E-state index in [-0.39, 0.29) is 5.82 Å². The van der Waals surface area contributed by atoms with Crippen LogP contribution in [-0.4, -0.2) is 18.9 Å². The minimum absolute atomic E-state index is 0.205. The van der Waals surface area contributed by atoms with E-state index in [9.17, 15) is 4.39 Å². The van der Waals surface area contributed by atoms with E-state index < -0.39 is 0 Å². The third-order valence-electron chi connectivity index (χ3n) is 2.27. The number of benzene rings is 1. The zero-order valence-electron chi connectivity index (χ0n) is 8.18. The zero-order valence-corrected chi connectivity index (χ0v) is 8.18. The number of amidine groups is 1. The minimum atomic E-state index is -0.205. The number of aryl methyl sites for hydroxylation is 1. The summed E-state index contributed by atoms with van der Waals surface area (Å²) in [7, 11) is 0. The van der Waals surface area contributed by atoms with Crippen molar-refractivity contribution in [2.45, 2.75) is 13.3 Å². The number of hydrogen-bond acceptors (Lipinski definition) is 2. The summed E-state index contributed by atoms with van der Waals surface area (Å²) in [5.41, 5.74) is 1.64. The molecule has 0 aromatic heterocycles. The molecule has 0 bridgehead atoms. The Morgan fingerprint density at radius 2 is 2.29 bits per heavy atom. The standard InChI is InChI=1S/C11H13FN2/c1-8-3-4-10(12)9(7-8)11-13-5-2-6-14-11/h3-4,7H,2,5-6H2,1H3,(H,13,14). The molecule has 1 aromatic carbocycles. The molecule has 3 heteroatoms. The van der Waals surface area contributed by atoms with Crippen LogP contribution in [-0.2, 0) is 0 Å². The van der Waals surface area contributed by atoms with Crippen LogP contribution in [0, 0.1) is 12.7 Å². The predicted octanol–water partition coefficient (Wildman–Crippen LogP) is 1.87. The number of hydrogen-bond donors (Lipinski definition) is 1. The fourth-order valence-electron chi connectivity index (χ4n) is 1.53. The number of aliphatic imine (C=N–C) groups is 1. The average Bonchev–Trinajstić information content (AvgIpc) is 2.23. The Labute approximate surface area is 82.9 Å². The van der Waals surface area contributed by atoms with Gasteiger partial charge in [0.15, 0.2) is 0 Å². The summed E-state index contributed by atoms with van der Waals surface area (Å²) >= 11 is 0. The van der Waals surface area contributed by atoms with Gasteiger partial charge >= 0.3 is 0 Å². The molecule has 0 unspecified atom stereocenters. The first-order valence-corrected chi connectivity index (χ1v) is 4.82. The molecule has 0 saturated heterocycles. The van der Waals surface area contributed by atoms with Gasteiger partial charge in [0, 0.05) is 13.1 Å². The van der Waals surface area contributed by atoms with Gasteiger partial charge in [0.05, 0.1) is 5.56 Å². The van der Waals surface area contributed by atoms with E-state index in [1.165, 1.54) is 6.07 Å². The SMILES string of the molecule is Cc1ccc(F)c(C2=NCCCN2)c1. The third-order valence-corrected chi connectivity index (χ3v) is 2.27. The number of nitrogens with one attached hydrogen (secondary N) is 1. The monoisotopic (exact) mass is 192 g/mol. The number of nitrogens with zero attached hydrogens (tertiary/aromatic N) is 1. The highest BCUT2D eigenvalue weighted by molar-refractivity contribution is 5.99. The highest BCUT2D eigenvalue weighted by atomic mass is 19.1. The summed E-state index contributed by atoms with van der Waals surface area (Å²) in [5, 5.41) is 3.11. The van der Waals surface area contributed by atoms with Gasteiger partial charge in [0.2, 0.25) is 0 Å². The van der Waals surface area contributed by atoms with Crippen molar-refractivity contribution in [1.29, 1.82) is 0 Å². The lowest BCUT2D eigenvalue weighted by molar-refractivity contribution is 0.621. The van der Waals surface area contributed by atoms with Crippen molar-refractivity contribution >= 4 is 5.84 Å². The molecule has 0 aliphatic carbocycles. The van der Waals surface area contributed by atoms with E-state index >= 15 is 0 Å². The van der Waals surface area contributed by atoms with E-state index in [1.807, 2.05) is 13.0 Å². The molecule has 0 spiro atoms. The molecular formula is C11H13FN2. The summed E-state index contributed by atoms with van der Waals surface area (Å²) in [6.45, 7) is 3.62. The number of rotatable bonds is 1. The van der Waals surface area contributed by atoms with E-state index in [4.69, 9.17) is 0 Å². The van der Waals surface area contributed by atoms with Crippen molar-refractivity contribution in [1.82, 2.24) is 5.32 Å². The van der Waals surface area contributed by atoms with Crippen molar-refractivity contribution < 1.29 is 4.39 Å². The largest absolute Gasteiger partial charge is 0.370 e. The van der Waals surface area contributed by atoms with Crippen LogP contribution in [0.2, 0.25) is 0 Å². The van der Waals surface area contributed by atoms with Crippen molar-refractivity contribution in [2.24, 2.45) is 4.99 Å². The molecule has 1 aliphatic heterocycles. The van der Waals surface area contributed by atoms with Crippen LogP contribution in [0.3, 0.4) is 0 Å². The quantitative estimate of drug-likeness (QED) is 0.721. The molecule has 1 aliphatic rings. The molecule has 0 radical (unpaired) electrons. The van der Waals surface area contributed by atoms with Crippen molar-refractivity contribution in [3.05, 3.63) is 35.1 Å². The van der Waals surface area contributed by atoms with Crippen LogP contribution < -0.4 is 5.32 Å². The molecule has 74 valence electrons. The lowest BCUT2D eigenvalue weighted by atomic mass is 10.1. The van der Waals surface area contributed by atoms with Crippen LogP contribution in [0.1, 0.15) is 17.5 Å². The van der Waals surface area contributed by atoms with Gasteiger partial charge < -0.3 is 5.32 Å². The highest BCUT2D eigenvalue weighted by Crippen LogP contribution is 2.11. The Kier molecular flexibility index (Phi) is 2.48. The summed E-state index contributed by atoms with van der Waals surface area (Å²) < 4.78 is 13.4. The van der Waals surface area contributed by atoms with Gasteiger partial charge in [0.25, 0.3) is 0 Å². The van der Waals surface area contributed by atoms with Crippen LogP contribution in [0.4, 0.5) is 4.39 Å². The molecule has 0 atom stereocenters. The van der Waals surface area contributed by atoms with Crippen LogP contribution in [0.5, 0.6) is 0 Å². The molecule has 14 heavy (non-hydrogen) atoms. The van der Waals surface area contributed by atoms with E-state index in [0.29, 0.717) is 11.4 Å². The maximum Gasteiger partial charge on any atom is 0.134 e. The summed E-state index contributed by atoms with van der Waals surface area (Å²) in [6, 6.07) is 5.08. The molecule has 1 N–H and O–H groups in total. The first kappa shape index (κ1) is 9.19. The molecule has 0 fully saturated rings. The fraction of sp³-hybridized carbons (Fsp3) is 0.364. The van der Waals surface area contributed by atoms with Crippen LogP contribution in [0.15, 0.2) is 23.2 Å². The van der Waals surface area contributed by atoms with Crippen LogP contribution >= 0.6 is 0 Å². The van der Waals surface area contributed by atoms with E-state index in [1.54, 1.807) is 6.07 Å². The first-order valence-electron chi connectivity index (χ1n) is 4.82. The zero-order chi connectivity index (χ0) is 9.97. The van der Waals surface area contributed by atoms with Crippen molar-refractivity contribution in [3.63, 3.8) is 0 Å². The second-order valence-electron chi connectivity index (χ2n) is 3.49. The van der Waals surface area contributed by atoms with E-state index in [0.717, 1.165) is 25.1 Å². The number of halogens is 1. The van der Waals surface area contributed by atoms with Gasteiger partial charge in [-0.15, -0.1) is 0 Å². The molecule has 0 saturated carbocycles. The predicted molar refractivity (Wildman–Crippen MR) is 55.2 cm³/mol. The molecule has 2 nitrogen and oxygen atoms in total. The Morgan fingerprint density at radius 1 is 1.43 bits per heavy atom. The smallest absolute Gasteiger partial charge is 0.134 e. The molecule has 2 rings (SSSR count). The van der Waals surface area contributed by atoms with E-state index in [2.05, 4.69) is 10.3 Å². The van der Waals surface area contributed by atoms with Gasteiger partial charge in [-0.25, -0.2) is 4.39 Å². The maximum atomic E-state index is 13.4. The lowest BCUT2D eigenvalue weighted by Gasteiger charge is -2.15. The fourth-order valence-corrected chi connectivity index (χ4v) is 1.53. The summed E-state index contributed by atoms with van der Waals surface area (Å²) in [6.07, 6.45) is 1.02. The average molecular weight is 192 g/mol. The Morgan fingerprint density at radius 3 is 3.00 bits per heavy atom. The van der Waals surface area contributed by atoms with Gasteiger partial charge in [0.1, 0.15) is 11.7 Å². The normalized spacial score (nSPS) is 16.0. The van der Waals surface area contributed by atoms with Gasteiger partial charge in [-0.2, -0.15) is 0 Å². The third kappa shape index (κ3) is 1.76. The summed E-state index contributed by atoms with van der Waals surface area (Å²) in [5.74, 6) is 0.487. The molecule has 1 heterocycles. The Hall–Kier alpha value is -1.38. The second-order valence-corrected chi connectivity index (χ2v) is 3.49.